The number of carbonyl (C=O) groups is 1. The van der Waals surface area contributed by atoms with Gasteiger partial charge in [0, 0.05) is 18.8 Å². The predicted octanol–water partition coefficient (Wildman–Crippen LogP) is 4.57. The summed E-state index contributed by atoms with van der Waals surface area (Å²) in [5.74, 6) is 1.12. The Bertz CT molecular complexity index is 998. The van der Waals surface area contributed by atoms with Crippen molar-refractivity contribution in [2.24, 2.45) is 0 Å². The van der Waals surface area contributed by atoms with Gasteiger partial charge in [0.15, 0.2) is 0 Å². The average molecular weight is 406 g/mol. The molecular formula is C23H23FN4O2. The smallest absolute Gasteiger partial charge is 0.245 e. The van der Waals surface area contributed by atoms with Crippen LogP contribution < -0.4 is 10.1 Å². The number of nitrogens with zero attached hydrogens (tertiary/aromatic N) is 3. The molecule has 1 fully saturated rings. The van der Waals surface area contributed by atoms with E-state index < -0.39 is 6.04 Å². The zero-order valence-corrected chi connectivity index (χ0v) is 16.7. The predicted molar refractivity (Wildman–Crippen MR) is 112 cm³/mol. The third-order valence-corrected chi connectivity index (χ3v) is 5.19. The molecule has 1 aromatic heterocycles. The van der Waals surface area contributed by atoms with Crippen LogP contribution in [0.2, 0.25) is 0 Å². The Hall–Kier alpha value is -3.48. The Labute approximate surface area is 174 Å². The monoisotopic (exact) mass is 406 g/mol. The summed E-state index contributed by atoms with van der Waals surface area (Å²) in [4.78, 5) is 23.5. The normalized spacial score (nSPS) is 17.5. The Morgan fingerprint density at radius 1 is 1.13 bits per heavy atom. The first-order valence-electron chi connectivity index (χ1n) is 9.98. The molecule has 6 nitrogen and oxygen atoms in total. The van der Waals surface area contributed by atoms with E-state index in [4.69, 9.17) is 4.74 Å². The molecule has 154 valence electrons. The number of aromatic nitrogens is 2. The Morgan fingerprint density at radius 3 is 2.67 bits per heavy atom. The van der Waals surface area contributed by atoms with Gasteiger partial charge in [0.1, 0.15) is 17.6 Å². The second kappa shape index (κ2) is 8.90. The van der Waals surface area contributed by atoms with Gasteiger partial charge in [-0.3, -0.25) is 4.79 Å². The molecule has 7 heteroatoms. The molecule has 0 radical (unpaired) electrons. The van der Waals surface area contributed by atoms with E-state index in [2.05, 4.69) is 15.3 Å². The molecule has 2 aromatic carbocycles. The quantitative estimate of drug-likeness (QED) is 0.649. The van der Waals surface area contributed by atoms with Crippen LogP contribution in [0.25, 0.3) is 0 Å². The van der Waals surface area contributed by atoms with Crippen LogP contribution in [0.15, 0.2) is 66.9 Å². The minimum absolute atomic E-state index is 0.0175. The van der Waals surface area contributed by atoms with Crippen LogP contribution in [0.4, 0.5) is 10.3 Å². The van der Waals surface area contributed by atoms with Crippen LogP contribution in [0.1, 0.15) is 31.4 Å². The number of likely N-dealkylation sites (tertiary alicyclic amines) is 1. The molecule has 0 saturated carbocycles. The number of para-hydroxylation sites is 1. The zero-order chi connectivity index (χ0) is 20.9. The summed E-state index contributed by atoms with van der Waals surface area (Å²) in [5.41, 5.74) is 0.903. The molecule has 2 unspecified atom stereocenters. The third-order valence-electron chi connectivity index (χ3n) is 5.19. The van der Waals surface area contributed by atoms with E-state index in [0.717, 1.165) is 12.0 Å². The maximum absolute atomic E-state index is 13.2. The highest BCUT2D eigenvalue weighted by molar-refractivity contribution is 5.85. The van der Waals surface area contributed by atoms with E-state index in [1.807, 2.05) is 42.2 Å². The number of amides is 1. The van der Waals surface area contributed by atoms with Gasteiger partial charge >= 0.3 is 0 Å². The summed E-state index contributed by atoms with van der Waals surface area (Å²) >= 11 is 0. The number of ether oxygens (including phenoxy) is 1. The largest absolute Gasteiger partial charge is 0.439 e. The SMILES string of the molecule is CC(c1ccc(F)cc1)N1CCCC(Nc2nccc(Oc3ccccc3)n2)C1=O. The lowest BCUT2D eigenvalue weighted by Gasteiger charge is -2.37. The first-order valence-corrected chi connectivity index (χ1v) is 9.98. The summed E-state index contributed by atoms with van der Waals surface area (Å²) in [5, 5.41) is 3.15. The highest BCUT2D eigenvalue weighted by atomic mass is 19.1. The lowest BCUT2D eigenvalue weighted by Crippen LogP contribution is -2.48. The Kier molecular flexibility index (Phi) is 5.88. The summed E-state index contributed by atoms with van der Waals surface area (Å²) in [6.45, 7) is 2.62. The number of hydrogen-bond donors (Lipinski definition) is 1. The zero-order valence-electron chi connectivity index (χ0n) is 16.7. The minimum atomic E-state index is -0.423. The van der Waals surface area contributed by atoms with Crippen molar-refractivity contribution >= 4 is 11.9 Å². The van der Waals surface area contributed by atoms with E-state index in [1.54, 1.807) is 24.4 Å². The lowest BCUT2D eigenvalue weighted by molar-refractivity contribution is -0.136. The van der Waals surface area contributed by atoms with Gasteiger partial charge in [-0.15, -0.1) is 0 Å². The highest BCUT2D eigenvalue weighted by Crippen LogP contribution is 2.27. The van der Waals surface area contributed by atoms with Crippen LogP contribution >= 0.6 is 0 Å². The molecule has 4 rings (SSSR count). The van der Waals surface area contributed by atoms with E-state index >= 15 is 0 Å². The molecule has 3 aromatic rings. The molecule has 2 atom stereocenters. The van der Waals surface area contributed by atoms with Crippen molar-refractivity contribution in [3.63, 3.8) is 0 Å². The van der Waals surface area contributed by atoms with Gasteiger partial charge in [0.25, 0.3) is 0 Å². The van der Waals surface area contributed by atoms with Gasteiger partial charge in [0.05, 0.1) is 6.04 Å². The number of rotatable bonds is 6. The van der Waals surface area contributed by atoms with Crippen LogP contribution in [0, 0.1) is 5.82 Å². The number of hydrogen-bond acceptors (Lipinski definition) is 5. The van der Waals surface area contributed by atoms with Gasteiger partial charge in [-0.1, -0.05) is 30.3 Å². The van der Waals surface area contributed by atoms with Crippen molar-refractivity contribution in [2.45, 2.75) is 31.8 Å². The molecule has 1 aliphatic rings. The second-order valence-corrected chi connectivity index (χ2v) is 7.23. The molecule has 1 amide bonds. The number of carbonyl (C=O) groups excluding carboxylic acids is 1. The topological polar surface area (TPSA) is 67.3 Å². The minimum Gasteiger partial charge on any atom is -0.439 e. The fourth-order valence-corrected chi connectivity index (χ4v) is 3.57. The molecule has 1 aliphatic heterocycles. The first kappa shape index (κ1) is 19.8. The van der Waals surface area contributed by atoms with Crippen LogP contribution in [-0.2, 0) is 4.79 Å². The molecule has 2 heterocycles. The fraction of sp³-hybridized carbons (Fsp3) is 0.261. The molecular weight excluding hydrogens is 383 g/mol. The van der Waals surface area contributed by atoms with Gasteiger partial charge in [-0.25, -0.2) is 9.37 Å². The molecule has 1 saturated heterocycles. The fourth-order valence-electron chi connectivity index (χ4n) is 3.57. The first-order chi connectivity index (χ1) is 14.6. The number of halogens is 1. The number of benzene rings is 2. The number of piperidine rings is 1. The van der Waals surface area contributed by atoms with E-state index in [9.17, 15) is 9.18 Å². The average Bonchev–Trinajstić information content (AvgIpc) is 2.76. The molecule has 30 heavy (non-hydrogen) atoms. The van der Waals surface area contributed by atoms with Crippen LogP contribution in [0.5, 0.6) is 11.6 Å². The van der Waals surface area contributed by atoms with Crippen molar-refractivity contribution in [3.8, 4) is 11.6 Å². The number of anilines is 1. The summed E-state index contributed by atoms with van der Waals surface area (Å²) < 4.78 is 19.0. The van der Waals surface area contributed by atoms with Crippen LogP contribution in [-0.4, -0.2) is 33.4 Å². The van der Waals surface area contributed by atoms with E-state index in [1.165, 1.54) is 12.1 Å². The Balaban J connectivity index is 1.45. The van der Waals surface area contributed by atoms with E-state index in [-0.39, 0.29) is 17.8 Å². The van der Waals surface area contributed by atoms with Gasteiger partial charge in [-0.05, 0) is 49.6 Å². The number of nitrogens with one attached hydrogen (secondary N) is 1. The molecule has 1 N–H and O–H groups in total. The third kappa shape index (κ3) is 4.56. The standard InChI is InChI=1S/C23H23FN4O2/c1-16(17-9-11-18(24)12-10-17)28-15-5-8-20(22(28)29)26-23-25-14-13-21(27-23)30-19-6-3-2-4-7-19/h2-4,6-7,9-14,16,20H,5,8,15H2,1H3,(H,25,26,27). The van der Waals surface area contributed by atoms with Gasteiger partial charge in [0.2, 0.25) is 17.7 Å². The maximum Gasteiger partial charge on any atom is 0.245 e. The van der Waals surface area contributed by atoms with Gasteiger partial charge < -0.3 is 15.0 Å². The molecule has 0 aliphatic carbocycles. The maximum atomic E-state index is 13.2. The van der Waals surface area contributed by atoms with Crippen molar-refractivity contribution in [1.29, 1.82) is 0 Å². The van der Waals surface area contributed by atoms with Crippen molar-refractivity contribution in [2.75, 3.05) is 11.9 Å². The van der Waals surface area contributed by atoms with E-state index in [0.29, 0.717) is 30.5 Å². The van der Waals surface area contributed by atoms with Crippen molar-refractivity contribution in [1.82, 2.24) is 14.9 Å². The molecule has 0 spiro atoms. The molecule has 0 bridgehead atoms. The highest BCUT2D eigenvalue weighted by Gasteiger charge is 2.32. The van der Waals surface area contributed by atoms with Gasteiger partial charge in [-0.2, -0.15) is 4.98 Å². The summed E-state index contributed by atoms with van der Waals surface area (Å²) in [7, 11) is 0. The second-order valence-electron chi connectivity index (χ2n) is 7.23. The lowest BCUT2D eigenvalue weighted by atomic mass is 9.99. The van der Waals surface area contributed by atoms with Crippen LogP contribution in [0.3, 0.4) is 0 Å². The Morgan fingerprint density at radius 2 is 1.90 bits per heavy atom. The van der Waals surface area contributed by atoms with Crippen molar-refractivity contribution < 1.29 is 13.9 Å². The van der Waals surface area contributed by atoms with Crippen molar-refractivity contribution in [3.05, 3.63) is 78.2 Å². The summed E-state index contributed by atoms with van der Waals surface area (Å²) in [6.07, 6.45) is 3.15. The summed E-state index contributed by atoms with van der Waals surface area (Å²) in [6, 6.07) is 16.7.